The monoisotopic (exact) mass is 220 g/mol. The minimum absolute atomic E-state index is 0.0450. The maximum absolute atomic E-state index is 9.77. The zero-order valence-corrected chi connectivity index (χ0v) is 10.7. The van der Waals surface area contributed by atoms with E-state index in [9.17, 15) is 5.11 Å². The Morgan fingerprint density at radius 2 is 1.81 bits per heavy atom. The molecule has 0 radical (unpaired) electrons. The second-order valence-electron chi connectivity index (χ2n) is 4.88. The summed E-state index contributed by atoms with van der Waals surface area (Å²) in [4.78, 5) is 0. The Morgan fingerprint density at radius 3 is 2.25 bits per heavy atom. The Balaban J connectivity index is 2.96. The molecule has 1 heteroatoms. The van der Waals surface area contributed by atoms with Gasteiger partial charge in [-0.2, -0.15) is 0 Å². The van der Waals surface area contributed by atoms with Gasteiger partial charge in [-0.25, -0.2) is 0 Å². The number of hydrogen-bond donors (Lipinski definition) is 1. The number of aliphatic hydroxyl groups excluding tert-OH is 1. The number of hydrogen-bond acceptors (Lipinski definition) is 1. The molecule has 0 aliphatic rings. The van der Waals surface area contributed by atoms with Gasteiger partial charge in [-0.3, -0.25) is 0 Å². The van der Waals surface area contributed by atoms with Gasteiger partial charge in [0.05, 0.1) is 6.61 Å². The van der Waals surface area contributed by atoms with Crippen LogP contribution in [-0.4, -0.2) is 11.7 Å². The van der Waals surface area contributed by atoms with E-state index in [1.165, 1.54) is 12.0 Å². The molecule has 0 saturated heterocycles. The predicted molar refractivity (Wildman–Crippen MR) is 69.6 cm³/mol. The van der Waals surface area contributed by atoms with Crippen molar-refractivity contribution in [3.63, 3.8) is 0 Å². The number of aliphatic hydroxyl groups is 1. The Bertz CT molecular complexity index is 288. The van der Waals surface area contributed by atoms with Crippen molar-refractivity contribution in [3.05, 3.63) is 35.9 Å². The third-order valence-electron chi connectivity index (χ3n) is 3.80. The van der Waals surface area contributed by atoms with Gasteiger partial charge in [0.15, 0.2) is 0 Å². The van der Waals surface area contributed by atoms with Crippen LogP contribution in [0, 0.1) is 5.92 Å². The molecule has 0 saturated carbocycles. The molecule has 2 atom stereocenters. The summed E-state index contributed by atoms with van der Waals surface area (Å²) in [6, 6.07) is 10.4. The lowest BCUT2D eigenvalue weighted by molar-refractivity contribution is 0.161. The van der Waals surface area contributed by atoms with Gasteiger partial charge in [0.25, 0.3) is 0 Å². The highest BCUT2D eigenvalue weighted by Crippen LogP contribution is 2.35. The molecule has 1 aromatic carbocycles. The second-order valence-corrected chi connectivity index (χ2v) is 4.88. The first-order valence-corrected chi connectivity index (χ1v) is 6.35. The molecule has 0 aliphatic carbocycles. The topological polar surface area (TPSA) is 20.2 Å². The van der Waals surface area contributed by atoms with Crippen molar-refractivity contribution in [1.82, 2.24) is 0 Å². The van der Waals surface area contributed by atoms with Crippen LogP contribution in [-0.2, 0) is 5.41 Å². The van der Waals surface area contributed by atoms with Gasteiger partial charge in [-0.05, 0) is 24.3 Å². The van der Waals surface area contributed by atoms with Gasteiger partial charge in [-0.15, -0.1) is 0 Å². The molecule has 0 aliphatic heterocycles. The van der Waals surface area contributed by atoms with E-state index in [0.29, 0.717) is 5.92 Å². The fourth-order valence-electron chi connectivity index (χ4n) is 2.34. The maximum Gasteiger partial charge on any atom is 0.0527 e. The van der Waals surface area contributed by atoms with E-state index in [4.69, 9.17) is 0 Å². The molecular formula is C15H24O. The van der Waals surface area contributed by atoms with Crippen LogP contribution in [0.15, 0.2) is 30.3 Å². The number of rotatable bonds is 6. The van der Waals surface area contributed by atoms with Crippen LogP contribution in [0.3, 0.4) is 0 Å². The van der Waals surface area contributed by atoms with Crippen molar-refractivity contribution in [2.45, 2.75) is 45.4 Å². The molecule has 2 unspecified atom stereocenters. The molecule has 16 heavy (non-hydrogen) atoms. The predicted octanol–water partition coefficient (Wildman–Crippen LogP) is 3.76. The smallest absolute Gasteiger partial charge is 0.0527 e. The van der Waals surface area contributed by atoms with Crippen molar-refractivity contribution in [2.24, 2.45) is 5.92 Å². The first-order chi connectivity index (χ1) is 7.68. The Hall–Kier alpha value is -0.820. The van der Waals surface area contributed by atoms with Crippen molar-refractivity contribution in [1.29, 1.82) is 0 Å². The molecule has 0 aromatic heterocycles. The highest BCUT2D eigenvalue weighted by Gasteiger charge is 2.30. The Kier molecular flexibility index (Phi) is 5.01. The quantitative estimate of drug-likeness (QED) is 0.774. The van der Waals surface area contributed by atoms with Crippen LogP contribution in [0.25, 0.3) is 0 Å². The van der Waals surface area contributed by atoms with E-state index < -0.39 is 0 Å². The standard InChI is InChI=1S/C15H24O/c1-4-13(3)11-15(5-2,12-16)14-9-7-6-8-10-14/h6-10,13,16H,4-5,11-12H2,1-3H3. The fraction of sp³-hybridized carbons (Fsp3) is 0.600. The zero-order valence-electron chi connectivity index (χ0n) is 10.7. The van der Waals surface area contributed by atoms with Crippen LogP contribution in [0.5, 0.6) is 0 Å². The van der Waals surface area contributed by atoms with Crippen LogP contribution >= 0.6 is 0 Å². The summed E-state index contributed by atoms with van der Waals surface area (Å²) in [5.74, 6) is 0.660. The third kappa shape index (κ3) is 2.85. The average molecular weight is 220 g/mol. The zero-order chi connectivity index (χ0) is 12.0. The first-order valence-electron chi connectivity index (χ1n) is 6.35. The van der Waals surface area contributed by atoms with E-state index in [2.05, 4.69) is 45.0 Å². The van der Waals surface area contributed by atoms with Crippen molar-refractivity contribution < 1.29 is 5.11 Å². The van der Waals surface area contributed by atoms with E-state index >= 15 is 0 Å². The van der Waals surface area contributed by atoms with Crippen molar-refractivity contribution in [3.8, 4) is 0 Å². The third-order valence-corrected chi connectivity index (χ3v) is 3.80. The van der Waals surface area contributed by atoms with Crippen LogP contribution < -0.4 is 0 Å². The first kappa shape index (κ1) is 13.2. The Labute approximate surface area is 99.5 Å². The highest BCUT2D eigenvalue weighted by molar-refractivity contribution is 5.25. The molecule has 1 N–H and O–H groups in total. The molecule has 1 rings (SSSR count). The van der Waals surface area contributed by atoms with Crippen LogP contribution in [0.2, 0.25) is 0 Å². The van der Waals surface area contributed by atoms with Crippen LogP contribution in [0.1, 0.15) is 45.6 Å². The average Bonchev–Trinajstić information content (AvgIpc) is 2.37. The summed E-state index contributed by atoms with van der Waals surface area (Å²) in [5.41, 5.74) is 1.23. The van der Waals surface area contributed by atoms with E-state index in [-0.39, 0.29) is 12.0 Å². The van der Waals surface area contributed by atoms with Crippen LogP contribution in [0.4, 0.5) is 0 Å². The lowest BCUT2D eigenvalue weighted by Gasteiger charge is -2.33. The van der Waals surface area contributed by atoms with Gasteiger partial charge >= 0.3 is 0 Å². The lowest BCUT2D eigenvalue weighted by Crippen LogP contribution is -2.32. The van der Waals surface area contributed by atoms with E-state index in [0.717, 1.165) is 12.8 Å². The van der Waals surface area contributed by atoms with Gasteiger partial charge in [0.1, 0.15) is 0 Å². The summed E-state index contributed by atoms with van der Waals surface area (Å²) < 4.78 is 0. The normalized spacial score (nSPS) is 16.8. The molecular weight excluding hydrogens is 196 g/mol. The second kappa shape index (κ2) is 6.05. The summed E-state index contributed by atoms with van der Waals surface area (Å²) >= 11 is 0. The molecule has 0 heterocycles. The van der Waals surface area contributed by atoms with E-state index in [1.54, 1.807) is 0 Å². The summed E-state index contributed by atoms with van der Waals surface area (Å²) in [6.45, 7) is 6.90. The van der Waals surface area contributed by atoms with Gasteiger partial charge < -0.3 is 5.11 Å². The molecule has 0 amide bonds. The van der Waals surface area contributed by atoms with Gasteiger partial charge in [-0.1, -0.05) is 57.5 Å². The molecule has 90 valence electrons. The highest BCUT2D eigenvalue weighted by atomic mass is 16.3. The van der Waals surface area contributed by atoms with Gasteiger partial charge in [0, 0.05) is 5.41 Å². The number of benzene rings is 1. The Morgan fingerprint density at radius 1 is 1.19 bits per heavy atom. The van der Waals surface area contributed by atoms with Crippen molar-refractivity contribution >= 4 is 0 Å². The SMILES string of the molecule is CCC(C)CC(CC)(CO)c1ccccc1. The largest absolute Gasteiger partial charge is 0.395 e. The summed E-state index contributed by atoms with van der Waals surface area (Å²) in [6.07, 6.45) is 3.24. The minimum Gasteiger partial charge on any atom is -0.395 e. The van der Waals surface area contributed by atoms with Gasteiger partial charge in [0.2, 0.25) is 0 Å². The lowest BCUT2D eigenvalue weighted by atomic mass is 9.72. The van der Waals surface area contributed by atoms with E-state index in [1.807, 2.05) is 6.07 Å². The summed E-state index contributed by atoms with van der Waals surface area (Å²) in [7, 11) is 0. The maximum atomic E-state index is 9.77. The molecule has 1 nitrogen and oxygen atoms in total. The molecule has 0 spiro atoms. The molecule has 0 bridgehead atoms. The molecule has 0 fully saturated rings. The summed E-state index contributed by atoms with van der Waals surface area (Å²) in [5, 5.41) is 9.77. The minimum atomic E-state index is -0.0450. The molecule has 1 aromatic rings. The fourth-order valence-corrected chi connectivity index (χ4v) is 2.34. The van der Waals surface area contributed by atoms with Crippen molar-refractivity contribution in [2.75, 3.05) is 6.61 Å².